The molecule has 4 nitrogen and oxygen atoms in total. The van der Waals surface area contributed by atoms with Crippen molar-refractivity contribution in [3.8, 4) is 0 Å². The quantitative estimate of drug-likeness (QED) is 0.853. The molecule has 22 heavy (non-hydrogen) atoms. The number of aromatic amines is 1. The van der Waals surface area contributed by atoms with Gasteiger partial charge < -0.3 is 14.8 Å². The van der Waals surface area contributed by atoms with E-state index in [-0.39, 0.29) is 11.7 Å². The van der Waals surface area contributed by atoms with E-state index in [4.69, 9.17) is 0 Å². The smallest absolute Gasteiger partial charge is 0.270 e. The Morgan fingerprint density at radius 3 is 2.64 bits per heavy atom. The Morgan fingerprint density at radius 1 is 1.18 bits per heavy atom. The summed E-state index contributed by atoms with van der Waals surface area (Å²) >= 11 is 0. The molecule has 1 aromatic carbocycles. The van der Waals surface area contributed by atoms with E-state index in [1.54, 1.807) is 12.1 Å². The third kappa shape index (κ3) is 4.07. The highest BCUT2D eigenvalue weighted by Crippen LogP contribution is 2.18. The van der Waals surface area contributed by atoms with Gasteiger partial charge in [-0.3, -0.25) is 4.79 Å². The maximum Gasteiger partial charge on any atom is 0.270 e. The molecule has 2 rings (SSSR count). The molecule has 0 fully saturated rings. The fourth-order valence-electron chi connectivity index (χ4n) is 2.55. The van der Waals surface area contributed by atoms with Gasteiger partial charge in [-0.2, -0.15) is 0 Å². The molecular weight excluding hydrogens is 281 g/mol. The van der Waals surface area contributed by atoms with Crippen LogP contribution in [0, 0.1) is 5.82 Å². The molecule has 5 heteroatoms. The summed E-state index contributed by atoms with van der Waals surface area (Å²) in [6.45, 7) is 4.47. The van der Waals surface area contributed by atoms with Crippen molar-refractivity contribution in [3.05, 3.63) is 35.8 Å². The van der Waals surface area contributed by atoms with E-state index in [0.29, 0.717) is 5.69 Å². The zero-order valence-corrected chi connectivity index (χ0v) is 13.5. The minimum Gasteiger partial charge on any atom is -0.351 e. The van der Waals surface area contributed by atoms with E-state index in [9.17, 15) is 9.18 Å². The molecule has 1 N–H and O–H groups in total. The number of halogens is 1. The van der Waals surface area contributed by atoms with Crippen molar-refractivity contribution in [1.29, 1.82) is 0 Å². The van der Waals surface area contributed by atoms with E-state index in [1.807, 2.05) is 19.0 Å². The second kappa shape index (κ2) is 7.40. The molecule has 0 unspecified atom stereocenters. The van der Waals surface area contributed by atoms with E-state index < -0.39 is 0 Å². The first-order valence-electron chi connectivity index (χ1n) is 7.73. The maximum absolute atomic E-state index is 13.3. The molecule has 2 aromatic rings. The number of nitrogens with zero attached hydrogens (tertiary/aromatic N) is 2. The van der Waals surface area contributed by atoms with E-state index in [0.717, 1.165) is 43.4 Å². The Hall–Kier alpha value is -1.88. The lowest BCUT2D eigenvalue weighted by atomic mass is 10.2. The first-order valence-corrected chi connectivity index (χ1v) is 7.73. The summed E-state index contributed by atoms with van der Waals surface area (Å²) in [5, 5.41) is 0.730. The molecular formula is C17H24FN3O. The molecule has 0 saturated carbocycles. The number of hydrogen-bond donors (Lipinski definition) is 1. The summed E-state index contributed by atoms with van der Waals surface area (Å²) in [6.07, 6.45) is 1.86. The number of carbonyl (C=O) groups is 1. The summed E-state index contributed by atoms with van der Waals surface area (Å²) < 4.78 is 13.3. The Morgan fingerprint density at radius 2 is 1.95 bits per heavy atom. The number of carbonyl (C=O) groups excluding carboxylic acids is 1. The molecule has 0 radical (unpaired) electrons. The molecule has 0 bridgehead atoms. The van der Waals surface area contributed by atoms with Gasteiger partial charge in [-0.1, -0.05) is 6.92 Å². The SMILES string of the molecule is CCCN(CCCN(C)C)C(=O)c1cc2cc(F)ccc2[nH]1. The lowest BCUT2D eigenvalue weighted by Crippen LogP contribution is -2.34. The van der Waals surface area contributed by atoms with Gasteiger partial charge in [-0.05, 0) is 57.7 Å². The monoisotopic (exact) mass is 305 g/mol. The number of nitrogens with one attached hydrogen (secondary N) is 1. The minimum atomic E-state index is -0.290. The Bertz CT molecular complexity index is 636. The molecule has 0 saturated heterocycles. The molecule has 0 atom stereocenters. The molecule has 0 spiro atoms. The average molecular weight is 305 g/mol. The number of fused-ring (bicyclic) bond motifs is 1. The summed E-state index contributed by atoms with van der Waals surface area (Å²) in [5.41, 5.74) is 1.31. The molecule has 0 aliphatic heterocycles. The van der Waals surface area contributed by atoms with Gasteiger partial charge in [0.1, 0.15) is 11.5 Å². The van der Waals surface area contributed by atoms with Crippen LogP contribution in [0.2, 0.25) is 0 Å². The first-order chi connectivity index (χ1) is 10.5. The third-order valence-corrected chi connectivity index (χ3v) is 3.63. The van der Waals surface area contributed by atoms with E-state index in [1.165, 1.54) is 12.1 Å². The predicted octanol–water partition coefficient (Wildman–Crippen LogP) is 3.11. The van der Waals surface area contributed by atoms with Gasteiger partial charge in [0.05, 0.1) is 0 Å². The van der Waals surface area contributed by atoms with Crippen LogP contribution in [0.25, 0.3) is 10.9 Å². The fourth-order valence-corrected chi connectivity index (χ4v) is 2.55. The van der Waals surface area contributed by atoms with Crippen LogP contribution < -0.4 is 0 Å². The second-order valence-electron chi connectivity index (χ2n) is 5.86. The van der Waals surface area contributed by atoms with Gasteiger partial charge in [0.25, 0.3) is 5.91 Å². The molecule has 1 heterocycles. The predicted molar refractivity (Wildman–Crippen MR) is 87.6 cm³/mol. The number of amides is 1. The Kier molecular flexibility index (Phi) is 5.55. The largest absolute Gasteiger partial charge is 0.351 e. The Balaban J connectivity index is 2.13. The maximum atomic E-state index is 13.3. The van der Waals surface area contributed by atoms with Crippen molar-refractivity contribution >= 4 is 16.8 Å². The van der Waals surface area contributed by atoms with Gasteiger partial charge in [-0.25, -0.2) is 4.39 Å². The number of aromatic nitrogens is 1. The van der Waals surface area contributed by atoms with Crippen LogP contribution in [0.4, 0.5) is 4.39 Å². The van der Waals surface area contributed by atoms with Crippen molar-refractivity contribution in [3.63, 3.8) is 0 Å². The van der Waals surface area contributed by atoms with Crippen molar-refractivity contribution in [2.24, 2.45) is 0 Å². The molecule has 0 aliphatic carbocycles. The van der Waals surface area contributed by atoms with Crippen LogP contribution in [-0.2, 0) is 0 Å². The lowest BCUT2D eigenvalue weighted by Gasteiger charge is -2.22. The van der Waals surface area contributed by atoms with E-state index in [2.05, 4.69) is 16.8 Å². The summed E-state index contributed by atoms with van der Waals surface area (Å²) in [7, 11) is 4.05. The molecule has 0 aliphatic rings. The molecule has 1 aromatic heterocycles. The van der Waals surface area contributed by atoms with Crippen LogP contribution in [0.1, 0.15) is 30.3 Å². The lowest BCUT2D eigenvalue weighted by molar-refractivity contribution is 0.0745. The van der Waals surface area contributed by atoms with Gasteiger partial charge in [0.2, 0.25) is 0 Å². The zero-order chi connectivity index (χ0) is 16.1. The summed E-state index contributed by atoms with van der Waals surface area (Å²) in [5.74, 6) is -0.306. The topological polar surface area (TPSA) is 39.3 Å². The fraction of sp³-hybridized carbons (Fsp3) is 0.471. The summed E-state index contributed by atoms with van der Waals surface area (Å²) in [4.78, 5) is 19.7. The van der Waals surface area contributed by atoms with Crippen LogP contribution in [-0.4, -0.2) is 54.4 Å². The third-order valence-electron chi connectivity index (χ3n) is 3.63. The highest BCUT2D eigenvalue weighted by Gasteiger charge is 2.17. The van der Waals surface area contributed by atoms with Crippen LogP contribution in [0.5, 0.6) is 0 Å². The average Bonchev–Trinajstić information content (AvgIpc) is 2.88. The van der Waals surface area contributed by atoms with Gasteiger partial charge in [-0.15, -0.1) is 0 Å². The zero-order valence-electron chi connectivity index (χ0n) is 13.5. The second-order valence-corrected chi connectivity index (χ2v) is 5.86. The van der Waals surface area contributed by atoms with Crippen molar-refractivity contribution in [2.75, 3.05) is 33.7 Å². The minimum absolute atomic E-state index is 0.0165. The highest BCUT2D eigenvalue weighted by atomic mass is 19.1. The molecule has 1 amide bonds. The van der Waals surface area contributed by atoms with Crippen molar-refractivity contribution < 1.29 is 9.18 Å². The van der Waals surface area contributed by atoms with Crippen LogP contribution in [0.15, 0.2) is 24.3 Å². The van der Waals surface area contributed by atoms with Gasteiger partial charge in [0, 0.05) is 24.0 Å². The number of benzene rings is 1. The number of rotatable bonds is 7. The van der Waals surface area contributed by atoms with Crippen molar-refractivity contribution in [1.82, 2.24) is 14.8 Å². The highest BCUT2D eigenvalue weighted by molar-refractivity contribution is 5.98. The van der Waals surface area contributed by atoms with Crippen LogP contribution in [0.3, 0.4) is 0 Å². The number of hydrogen-bond acceptors (Lipinski definition) is 2. The standard InChI is InChI=1S/C17H24FN3O/c1-4-8-21(10-5-9-20(2)3)17(22)16-12-13-11-14(18)6-7-15(13)19-16/h6-7,11-12,19H,4-5,8-10H2,1-3H3. The first kappa shape index (κ1) is 16.5. The number of H-pyrrole nitrogens is 1. The van der Waals surface area contributed by atoms with E-state index >= 15 is 0 Å². The van der Waals surface area contributed by atoms with Crippen molar-refractivity contribution in [2.45, 2.75) is 19.8 Å². The normalized spacial score (nSPS) is 11.3. The summed E-state index contributed by atoms with van der Waals surface area (Å²) in [6, 6.07) is 6.24. The van der Waals surface area contributed by atoms with Gasteiger partial charge in [0.15, 0.2) is 0 Å². The van der Waals surface area contributed by atoms with Crippen LogP contribution >= 0.6 is 0 Å². The molecule has 120 valence electrons. The van der Waals surface area contributed by atoms with Gasteiger partial charge >= 0.3 is 0 Å². The Labute approximate surface area is 130 Å².